The topological polar surface area (TPSA) is 54.9 Å². The van der Waals surface area contributed by atoms with Crippen LogP contribution in [0.2, 0.25) is 0 Å². The molecule has 0 aromatic heterocycles. The maximum atomic E-state index is 5.73. The normalized spacial score (nSPS) is 29.8. The maximum Gasteiger partial charge on any atom is 0.191 e. The predicted molar refractivity (Wildman–Crippen MR) is 115 cm³/mol. The molecule has 0 aliphatic heterocycles. The van der Waals surface area contributed by atoms with Gasteiger partial charge in [0.05, 0.1) is 5.60 Å². The quantitative estimate of drug-likeness (QED) is 0.326. The van der Waals surface area contributed by atoms with Crippen LogP contribution in [0.25, 0.3) is 0 Å². The maximum absolute atomic E-state index is 5.73. The van der Waals surface area contributed by atoms with Gasteiger partial charge in [0.25, 0.3) is 0 Å². The Kier molecular flexibility index (Phi) is 8.47. The summed E-state index contributed by atoms with van der Waals surface area (Å²) in [5, 5.41) is 7.05. The Morgan fingerprint density at radius 2 is 1.88 bits per heavy atom. The number of halogens is 1. The molecule has 2 unspecified atom stereocenters. The standard InChI is InChI=1S/C19H37N3O2.HI/c1-7-20-16(21-14-19(9-8-10-19)11-12-23-5)22-15-13-18(4,24-6)17(15,2)3;/h15H,7-14H2,1-6H3,(H2,20,21,22);1H. The number of methoxy groups -OCH3 is 2. The van der Waals surface area contributed by atoms with E-state index in [1.807, 2.05) is 7.11 Å². The summed E-state index contributed by atoms with van der Waals surface area (Å²) in [7, 11) is 3.60. The summed E-state index contributed by atoms with van der Waals surface area (Å²) in [5.41, 5.74) is 0.381. The molecule has 2 N–H and O–H groups in total. The highest BCUT2D eigenvalue weighted by Crippen LogP contribution is 2.51. The Hall–Kier alpha value is -0.0800. The molecule has 0 aromatic carbocycles. The molecule has 0 spiro atoms. The van der Waals surface area contributed by atoms with Gasteiger partial charge in [0.15, 0.2) is 5.96 Å². The number of rotatable bonds is 8. The second-order valence-corrected chi connectivity index (χ2v) is 8.35. The van der Waals surface area contributed by atoms with Gasteiger partial charge in [-0.25, -0.2) is 0 Å². The summed E-state index contributed by atoms with van der Waals surface area (Å²) in [6.07, 6.45) is 6.00. The molecule has 0 bridgehead atoms. The van der Waals surface area contributed by atoms with Crippen molar-refractivity contribution in [1.82, 2.24) is 10.6 Å². The second kappa shape index (κ2) is 9.22. The number of aliphatic imine (C=N–C) groups is 1. The molecule has 2 fully saturated rings. The molecule has 148 valence electrons. The van der Waals surface area contributed by atoms with Gasteiger partial charge in [0.2, 0.25) is 0 Å². The highest BCUT2D eigenvalue weighted by Gasteiger charge is 2.58. The lowest BCUT2D eigenvalue weighted by Crippen LogP contribution is -2.69. The molecule has 2 saturated carbocycles. The molecule has 2 rings (SSSR count). The van der Waals surface area contributed by atoms with Crippen LogP contribution in [0.4, 0.5) is 0 Å². The van der Waals surface area contributed by atoms with Crippen molar-refractivity contribution in [2.45, 2.75) is 71.4 Å². The Labute approximate surface area is 171 Å². The average molecular weight is 467 g/mol. The lowest BCUT2D eigenvalue weighted by atomic mass is 9.56. The zero-order valence-electron chi connectivity index (χ0n) is 16.9. The number of hydrogen-bond acceptors (Lipinski definition) is 3. The summed E-state index contributed by atoms with van der Waals surface area (Å²) < 4.78 is 11.0. The summed E-state index contributed by atoms with van der Waals surface area (Å²) in [6, 6.07) is 0.386. The van der Waals surface area contributed by atoms with E-state index >= 15 is 0 Å². The second-order valence-electron chi connectivity index (χ2n) is 8.35. The highest BCUT2D eigenvalue weighted by molar-refractivity contribution is 14.0. The van der Waals surface area contributed by atoms with Crippen molar-refractivity contribution in [2.24, 2.45) is 15.8 Å². The Bertz CT molecular complexity index is 452. The third-order valence-electron chi connectivity index (χ3n) is 6.76. The molecular weight excluding hydrogens is 429 g/mol. The van der Waals surface area contributed by atoms with Gasteiger partial charge in [-0.2, -0.15) is 0 Å². The van der Waals surface area contributed by atoms with Crippen LogP contribution < -0.4 is 10.6 Å². The molecule has 5 nitrogen and oxygen atoms in total. The van der Waals surface area contributed by atoms with Crippen LogP contribution >= 0.6 is 24.0 Å². The fourth-order valence-corrected chi connectivity index (χ4v) is 3.94. The fraction of sp³-hybridized carbons (Fsp3) is 0.947. The Morgan fingerprint density at radius 3 is 2.32 bits per heavy atom. The lowest BCUT2D eigenvalue weighted by molar-refractivity contribution is -0.176. The van der Waals surface area contributed by atoms with Crippen molar-refractivity contribution in [3.63, 3.8) is 0 Å². The molecule has 6 heteroatoms. The monoisotopic (exact) mass is 467 g/mol. The number of nitrogens with one attached hydrogen (secondary N) is 2. The van der Waals surface area contributed by atoms with Crippen molar-refractivity contribution in [3.8, 4) is 0 Å². The van der Waals surface area contributed by atoms with E-state index < -0.39 is 0 Å². The largest absolute Gasteiger partial charge is 0.385 e. The molecule has 2 aliphatic rings. The molecule has 2 aliphatic carbocycles. The fourth-order valence-electron chi connectivity index (χ4n) is 3.94. The third kappa shape index (κ3) is 4.80. The summed E-state index contributed by atoms with van der Waals surface area (Å²) in [4.78, 5) is 4.92. The summed E-state index contributed by atoms with van der Waals surface area (Å²) in [5.74, 6) is 0.942. The van der Waals surface area contributed by atoms with Crippen LogP contribution in [-0.2, 0) is 9.47 Å². The van der Waals surface area contributed by atoms with Gasteiger partial charge in [0, 0.05) is 45.4 Å². The van der Waals surface area contributed by atoms with E-state index in [1.165, 1.54) is 19.3 Å². The van der Waals surface area contributed by atoms with Crippen molar-refractivity contribution in [3.05, 3.63) is 0 Å². The first-order valence-corrected chi connectivity index (χ1v) is 9.41. The van der Waals surface area contributed by atoms with Crippen LogP contribution in [-0.4, -0.2) is 51.5 Å². The van der Waals surface area contributed by atoms with Crippen molar-refractivity contribution < 1.29 is 9.47 Å². The van der Waals surface area contributed by atoms with Crippen LogP contribution in [0, 0.1) is 10.8 Å². The molecule has 0 radical (unpaired) electrons. The minimum Gasteiger partial charge on any atom is -0.385 e. The van der Waals surface area contributed by atoms with Crippen LogP contribution in [0.1, 0.15) is 59.8 Å². The van der Waals surface area contributed by atoms with E-state index in [1.54, 1.807) is 7.11 Å². The highest BCUT2D eigenvalue weighted by atomic mass is 127. The molecule has 0 aromatic rings. The molecule has 2 atom stereocenters. The zero-order valence-corrected chi connectivity index (χ0v) is 19.2. The summed E-state index contributed by atoms with van der Waals surface area (Å²) >= 11 is 0. The first-order chi connectivity index (χ1) is 11.3. The smallest absolute Gasteiger partial charge is 0.191 e. The average Bonchev–Trinajstić information content (AvgIpc) is 2.52. The van der Waals surface area contributed by atoms with Gasteiger partial charge in [0.1, 0.15) is 0 Å². The van der Waals surface area contributed by atoms with Gasteiger partial charge < -0.3 is 20.1 Å². The van der Waals surface area contributed by atoms with Crippen LogP contribution in [0.15, 0.2) is 4.99 Å². The first kappa shape index (κ1) is 23.0. The number of nitrogens with zero attached hydrogens (tertiary/aromatic N) is 1. The van der Waals surface area contributed by atoms with E-state index in [0.717, 1.165) is 38.5 Å². The number of ether oxygens (including phenoxy) is 2. The Balaban J connectivity index is 0.00000312. The summed E-state index contributed by atoms with van der Waals surface area (Å²) in [6.45, 7) is 11.5. The lowest BCUT2D eigenvalue weighted by Gasteiger charge is -2.59. The van der Waals surface area contributed by atoms with E-state index in [4.69, 9.17) is 14.5 Å². The molecule has 25 heavy (non-hydrogen) atoms. The van der Waals surface area contributed by atoms with E-state index in [2.05, 4.69) is 38.3 Å². The first-order valence-electron chi connectivity index (χ1n) is 9.41. The van der Waals surface area contributed by atoms with Crippen LogP contribution in [0.3, 0.4) is 0 Å². The molecular formula is C19H38IN3O2. The van der Waals surface area contributed by atoms with Crippen molar-refractivity contribution >= 4 is 29.9 Å². The third-order valence-corrected chi connectivity index (χ3v) is 6.76. The number of hydrogen-bond donors (Lipinski definition) is 2. The van der Waals surface area contributed by atoms with Gasteiger partial charge in [-0.15, -0.1) is 24.0 Å². The van der Waals surface area contributed by atoms with Gasteiger partial charge in [-0.05, 0) is 44.9 Å². The van der Waals surface area contributed by atoms with Crippen molar-refractivity contribution in [1.29, 1.82) is 0 Å². The van der Waals surface area contributed by atoms with E-state index in [-0.39, 0.29) is 35.0 Å². The van der Waals surface area contributed by atoms with Gasteiger partial charge in [-0.1, -0.05) is 20.3 Å². The zero-order chi connectivity index (χ0) is 17.8. The van der Waals surface area contributed by atoms with E-state index in [9.17, 15) is 0 Å². The van der Waals surface area contributed by atoms with Crippen LogP contribution in [0.5, 0.6) is 0 Å². The van der Waals surface area contributed by atoms with Gasteiger partial charge >= 0.3 is 0 Å². The predicted octanol–water partition coefficient (Wildman–Crippen LogP) is 3.57. The minimum atomic E-state index is -0.0599. The molecule has 0 heterocycles. The van der Waals surface area contributed by atoms with Crippen molar-refractivity contribution in [2.75, 3.05) is 33.9 Å². The Morgan fingerprint density at radius 1 is 1.20 bits per heavy atom. The number of guanidine groups is 1. The van der Waals surface area contributed by atoms with Gasteiger partial charge in [-0.3, -0.25) is 4.99 Å². The minimum absolute atomic E-state index is 0. The molecule has 0 saturated heterocycles. The molecule has 0 amide bonds. The SMILES string of the molecule is CCNC(=NCC1(CCOC)CCC1)NC1CC(C)(OC)C1(C)C.I. The van der Waals surface area contributed by atoms with E-state index in [0.29, 0.717) is 11.5 Å².